The van der Waals surface area contributed by atoms with Crippen molar-refractivity contribution >= 4 is 11.6 Å². The van der Waals surface area contributed by atoms with Crippen molar-refractivity contribution < 1.29 is 28.8 Å². The number of aliphatic hydroxyl groups is 1. The number of carbonyl (C=O) groups is 1. The number of aliphatic hydroxyl groups excluding tert-OH is 1. The maximum absolute atomic E-state index is 12.4. The van der Waals surface area contributed by atoms with Crippen molar-refractivity contribution in [2.45, 2.75) is 12.3 Å². The Hall–Kier alpha value is -2.93. The number of carbonyl (C=O) groups excluding carboxylic acids is 1. The Morgan fingerprint density at radius 1 is 1.07 bits per heavy atom. The summed E-state index contributed by atoms with van der Waals surface area (Å²) in [6.45, 7) is 0.0796. The topological polar surface area (TPSA) is 86.2 Å². The van der Waals surface area contributed by atoms with Crippen LogP contribution in [0.3, 0.4) is 0 Å². The Labute approximate surface area is 157 Å². The highest BCUT2D eigenvalue weighted by atomic mass is 16.5. The molecular formula is C20H23NO6. The molecule has 1 atom stereocenters. The predicted octanol–water partition coefficient (Wildman–Crippen LogP) is 2.56. The number of benzene rings is 2. The van der Waals surface area contributed by atoms with Gasteiger partial charge >= 0.3 is 0 Å². The minimum Gasteiger partial charge on any atom is -0.493 e. The lowest BCUT2D eigenvalue weighted by Gasteiger charge is -2.30. The molecule has 0 fully saturated rings. The Kier molecular flexibility index (Phi) is 5.71. The fourth-order valence-corrected chi connectivity index (χ4v) is 3.44. The van der Waals surface area contributed by atoms with Crippen LogP contribution in [0.1, 0.15) is 23.5 Å². The lowest BCUT2D eigenvalue weighted by atomic mass is 9.83. The lowest BCUT2D eigenvalue weighted by Crippen LogP contribution is -2.25. The van der Waals surface area contributed by atoms with E-state index in [-0.39, 0.29) is 31.5 Å². The molecule has 1 aliphatic rings. The number of para-hydroxylation sites is 1. The zero-order chi connectivity index (χ0) is 19.4. The SMILES string of the molecule is COc1cc2c(c(OC)c1OC)C(c1ccccc1OCCO)CC(=O)N2. The average molecular weight is 373 g/mol. The summed E-state index contributed by atoms with van der Waals surface area (Å²) in [5, 5.41) is 12.0. The molecule has 2 N–H and O–H groups in total. The summed E-state index contributed by atoms with van der Waals surface area (Å²) >= 11 is 0. The van der Waals surface area contributed by atoms with Crippen LogP contribution in [-0.2, 0) is 4.79 Å². The molecule has 0 aliphatic carbocycles. The van der Waals surface area contributed by atoms with E-state index in [9.17, 15) is 4.79 Å². The van der Waals surface area contributed by atoms with E-state index in [0.29, 0.717) is 28.7 Å². The summed E-state index contributed by atoms with van der Waals surface area (Å²) < 4.78 is 22.2. The smallest absolute Gasteiger partial charge is 0.225 e. The van der Waals surface area contributed by atoms with Crippen molar-refractivity contribution in [3.05, 3.63) is 41.5 Å². The third kappa shape index (κ3) is 3.50. The van der Waals surface area contributed by atoms with Gasteiger partial charge in [-0.3, -0.25) is 4.79 Å². The molecule has 7 heteroatoms. The van der Waals surface area contributed by atoms with Crippen LogP contribution in [0.25, 0.3) is 0 Å². The number of anilines is 1. The van der Waals surface area contributed by atoms with Crippen LogP contribution in [0.4, 0.5) is 5.69 Å². The van der Waals surface area contributed by atoms with Gasteiger partial charge in [-0.1, -0.05) is 18.2 Å². The molecule has 0 bridgehead atoms. The van der Waals surface area contributed by atoms with Crippen molar-refractivity contribution in [3.63, 3.8) is 0 Å². The van der Waals surface area contributed by atoms with Gasteiger partial charge in [0.2, 0.25) is 11.7 Å². The summed E-state index contributed by atoms with van der Waals surface area (Å²) in [6.07, 6.45) is 0.234. The van der Waals surface area contributed by atoms with Crippen molar-refractivity contribution in [2.75, 3.05) is 39.9 Å². The number of methoxy groups -OCH3 is 3. The Balaban J connectivity index is 2.20. The molecule has 3 rings (SSSR count). The summed E-state index contributed by atoms with van der Waals surface area (Å²) in [4.78, 5) is 12.4. The fraction of sp³-hybridized carbons (Fsp3) is 0.350. The molecule has 0 spiro atoms. The summed E-state index contributed by atoms with van der Waals surface area (Å²) in [5.74, 6) is 1.66. The zero-order valence-electron chi connectivity index (χ0n) is 15.6. The van der Waals surface area contributed by atoms with E-state index in [4.69, 9.17) is 24.1 Å². The molecule has 0 saturated carbocycles. The third-order valence-electron chi connectivity index (χ3n) is 4.52. The average Bonchev–Trinajstić information content (AvgIpc) is 2.70. The number of nitrogens with one attached hydrogen (secondary N) is 1. The number of ether oxygens (including phenoxy) is 4. The van der Waals surface area contributed by atoms with Crippen molar-refractivity contribution in [2.24, 2.45) is 0 Å². The van der Waals surface area contributed by atoms with Gasteiger partial charge in [-0.15, -0.1) is 0 Å². The zero-order valence-corrected chi connectivity index (χ0v) is 15.6. The Morgan fingerprint density at radius 3 is 2.48 bits per heavy atom. The maximum atomic E-state index is 12.4. The summed E-state index contributed by atoms with van der Waals surface area (Å²) in [6, 6.07) is 9.21. The highest BCUT2D eigenvalue weighted by Crippen LogP contribution is 2.52. The molecule has 0 radical (unpaired) electrons. The molecule has 1 amide bonds. The van der Waals surface area contributed by atoms with Gasteiger partial charge in [0.1, 0.15) is 12.4 Å². The second-order valence-electron chi connectivity index (χ2n) is 6.02. The normalized spacial score (nSPS) is 15.6. The lowest BCUT2D eigenvalue weighted by molar-refractivity contribution is -0.116. The van der Waals surface area contributed by atoms with Gasteiger partial charge in [0, 0.05) is 29.5 Å². The van der Waals surface area contributed by atoms with Crippen molar-refractivity contribution in [3.8, 4) is 23.0 Å². The van der Waals surface area contributed by atoms with Crippen LogP contribution in [0.5, 0.6) is 23.0 Å². The van der Waals surface area contributed by atoms with Crippen LogP contribution < -0.4 is 24.3 Å². The quantitative estimate of drug-likeness (QED) is 0.776. The van der Waals surface area contributed by atoms with E-state index in [1.54, 1.807) is 20.3 Å². The molecule has 0 aromatic heterocycles. The van der Waals surface area contributed by atoms with Crippen molar-refractivity contribution in [1.82, 2.24) is 0 Å². The first-order chi connectivity index (χ1) is 13.1. The molecule has 0 saturated heterocycles. The van der Waals surface area contributed by atoms with Crippen molar-refractivity contribution in [1.29, 1.82) is 0 Å². The largest absolute Gasteiger partial charge is 0.493 e. The summed E-state index contributed by atoms with van der Waals surface area (Å²) in [7, 11) is 4.63. The predicted molar refractivity (Wildman–Crippen MR) is 100 cm³/mol. The molecule has 2 aromatic carbocycles. The number of amides is 1. The number of fused-ring (bicyclic) bond motifs is 1. The second-order valence-corrected chi connectivity index (χ2v) is 6.02. The summed E-state index contributed by atoms with van der Waals surface area (Å²) in [5.41, 5.74) is 2.25. The van der Waals surface area contributed by atoms with E-state index < -0.39 is 0 Å². The molecule has 1 unspecified atom stereocenters. The van der Waals surface area contributed by atoms with Crippen LogP contribution >= 0.6 is 0 Å². The molecule has 2 aromatic rings. The monoisotopic (exact) mass is 373 g/mol. The molecule has 27 heavy (non-hydrogen) atoms. The van der Waals surface area contributed by atoms with Gasteiger partial charge in [-0.25, -0.2) is 0 Å². The van der Waals surface area contributed by atoms with E-state index >= 15 is 0 Å². The number of hydrogen-bond acceptors (Lipinski definition) is 6. The van der Waals surface area contributed by atoms with Crippen LogP contribution in [0.2, 0.25) is 0 Å². The van der Waals surface area contributed by atoms with Gasteiger partial charge in [0.05, 0.1) is 33.6 Å². The highest BCUT2D eigenvalue weighted by Gasteiger charge is 2.34. The molecule has 1 aliphatic heterocycles. The van der Waals surface area contributed by atoms with E-state index in [1.807, 2.05) is 24.3 Å². The first-order valence-corrected chi connectivity index (χ1v) is 8.59. The third-order valence-corrected chi connectivity index (χ3v) is 4.52. The van der Waals surface area contributed by atoms with Gasteiger partial charge in [-0.05, 0) is 6.07 Å². The first-order valence-electron chi connectivity index (χ1n) is 8.59. The van der Waals surface area contributed by atoms with Gasteiger partial charge in [0.15, 0.2) is 11.5 Å². The van der Waals surface area contributed by atoms with Gasteiger partial charge in [-0.2, -0.15) is 0 Å². The molecular weight excluding hydrogens is 350 g/mol. The van der Waals surface area contributed by atoms with Crippen LogP contribution in [-0.4, -0.2) is 45.6 Å². The van der Waals surface area contributed by atoms with Crippen LogP contribution in [0.15, 0.2) is 30.3 Å². The molecule has 7 nitrogen and oxygen atoms in total. The number of hydrogen-bond donors (Lipinski definition) is 2. The standard InChI is InChI=1S/C20H23NO6/c1-24-16-11-14-18(20(26-3)19(16)25-2)13(10-17(23)21-14)12-6-4-5-7-15(12)27-9-8-22/h4-7,11,13,22H,8-10H2,1-3H3,(H,21,23). The van der Waals surface area contributed by atoms with E-state index in [0.717, 1.165) is 11.1 Å². The second kappa shape index (κ2) is 8.18. The fourth-order valence-electron chi connectivity index (χ4n) is 3.44. The van der Waals surface area contributed by atoms with Gasteiger partial charge < -0.3 is 29.4 Å². The minimum atomic E-state index is -0.293. The first kappa shape index (κ1) is 18.8. The maximum Gasteiger partial charge on any atom is 0.225 e. The Bertz CT molecular complexity index is 835. The van der Waals surface area contributed by atoms with E-state index in [2.05, 4.69) is 5.32 Å². The molecule has 144 valence electrons. The minimum absolute atomic E-state index is 0.0928. The van der Waals surface area contributed by atoms with Crippen LogP contribution in [0, 0.1) is 0 Å². The number of rotatable bonds is 7. The molecule has 1 heterocycles. The van der Waals surface area contributed by atoms with E-state index in [1.165, 1.54) is 7.11 Å². The Morgan fingerprint density at radius 2 is 1.81 bits per heavy atom. The highest BCUT2D eigenvalue weighted by molar-refractivity contribution is 5.97. The van der Waals surface area contributed by atoms with Gasteiger partial charge in [0.25, 0.3) is 0 Å².